The average molecular weight is 298 g/mol. The molecule has 0 aromatic heterocycles. The van der Waals surface area contributed by atoms with Crippen LogP contribution in [0.2, 0.25) is 0 Å². The van der Waals surface area contributed by atoms with Crippen molar-refractivity contribution < 1.29 is 27.8 Å². The lowest BCUT2D eigenvalue weighted by Crippen LogP contribution is -2.06. The molecule has 2 aromatic rings. The number of para-hydroxylation sites is 2. The molecular weight excluding hydrogens is 285 g/mol. The van der Waals surface area contributed by atoms with E-state index >= 15 is 0 Å². The van der Waals surface area contributed by atoms with Gasteiger partial charge in [0.25, 0.3) is 0 Å². The Bertz CT molecular complexity index is 624. The van der Waals surface area contributed by atoms with Gasteiger partial charge in [-0.1, -0.05) is 18.2 Å². The molecule has 6 heteroatoms. The number of rotatable bonds is 4. The summed E-state index contributed by atoms with van der Waals surface area (Å²) in [4.78, 5) is 0. The number of hydrogen-bond donors (Lipinski definition) is 1. The first kappa shape index (κ1) is 15.0. The van der Waals surface area contributed by atoms with Crippen LogP contribution in [-0.4, -0.2) is 12.2 Å². The van der Waals surface area contributed by atoms with Crippen molar-refractivity contribution in [1.29, 1.82) is 0 Å². The number of ether oxygens (including phenoxy) is 2. The molecule has 112 valence electrons. The highest BCUT2D eigenvalue weighted by Crippen LogP contribution is 2.36. The number of hydrogen-bond acceptors (Lipinski definition) is 3. The van der Waals surface area contributed by atoms with E-state index in [1.165, 1.54) is 13.2 Å². The van der Waals surface area contributed by atoms with Gasteiger partial charge in [-0.2, -0.15) is 13.2 Å². The van der Waals surface area contributed by atoms with Gasteiger partial charge in [-0.3, -0.25) is 0 Å². The van der Waals surface area contributed by atoms with Crippen LogP contribution < -0.4 is 9.47 Å². The molecule has 0 heterocycles. The van der Waals surface area contributed by atoms with Crippen molar-refractivity contribution in [3.05, 3.63) is 53.6 Å². The van der Waals surface area contributed by atoms with Crippen LogP contribution in [0.15, 0.2) is 42.5 Å². The zero-order valence-corrected chi connectivity index (χ0v) is 11.1. The summed E-state index contributed by atoms with van der Waals surface area (Å²) in [5.74, 6) is 0.177. The summed E-state index contributed by atoms with van der Waals surface area (Å²) in [6, 6.07) is 10.0. The van der Waals surface area contributed by atoms with Gasteiger partial charge in [-0.25, -0.2) is 0 Å². The molecule has 0 spiro atoms. The summed E-state index contributed by atoms with van der Waals surface area (Å²) in [7, 11) is 1.49. The number of methoxy groups -OCH3 is 1. The van der Waals surface area contributed by atoms with Gasteiger partial charge < -0.3 is 14.6 Å². The van der Waals surface area contributed by atoms with Crippen molar-refractivity contribution in [2.24, 2.45) is 0 Å². The van der Waals surface area contributed by atoms with Gasteiger partial charge in [0.05, 0.1) is 12.7 Å². The summed E-state index contributed by atoms with van der Waals surface area (Å²) in [6.45, 7) is 0.0199. The van der Waals surface area contributed by atoms with E-state index in [4.69, 9.17) is 9.47 Å². The molecule has 0 bridgehead atoms. The molecule has 2 aromatic carbocycles. The normalized spacial score (nSPS) is 11.2. The summed E-state index contributed by atoms with van der Waals surface area (Å²) in [6.07, 6.45) is -4.58. The number of phenolic OH excluding ortho intramolecular Hbond substituents is 1. The predicted octanol–water partition coefficient (Wildman–Crippen LogP) is 4.00. The van der Waals surface area contributed by atoms with E-state index < -0.39 is 17.5 Å². The molecule has 0 aliphatic carbocycles. The molecule has 0 unspecified atom stereocenters. The molecule has 0 saturated heterocycles. The Hall–Kier alpha value is -2.37. The number of aromatic hydroxyl groups is 1. The standard InChI is InChI=1S/C15H13F3O3/c1-20-13-4-2-3-5-14(13)21-9-10-6-7-11(12(19)8-10)15(16,17)18/h2-8,19H,9H2,1H3. The van der Waals surface area contributed by atoms with Gasteiger partial charge in [-0.15, -0.1) is 0 Å². The first-order valence-electron chi connectivity index (χ1n) is 6.06. The summed E-state index contributed by atoms with van der Waals surface area (Å²) in [5.41, 5.74) is -0.644. The van der Waals surface area contributed by atoms with Crippen LogP contribution in [0.4, 0.5) is 13.2 Å². The minimum atomic E-state index is -4.58. The van der Waals surface area contributed by atoms with Crippen LogP contribution in [0, 0.1) is 0 Å². The van der Waals surface area contributed by atoms with Crippen molar-refractivity contribution in [1.82, 2.24) is 0 Å². The van der Waals surface area contributed by atoms with Gasteiger partial charge in [0.15, 0.2) is 11.5 Å². The van der Waals surface area contributed by atoms with E-state index in [0.29, 0.717) is 17.1 Å². The van der Waals surface area contributed by atoms with Gasteiger partial charge in [-0.05, 0) is 29.8 Å². The van der Waals surface area contributed by atoms with Gasteiger partial charge in [0.2, 0.25) is 0 Å². The maximum absolute atomic E-state index is 12.5. The molecule has 0 fully saturated rings. The fourth-order valence-electron chi connectivity index (χ4n) is 1.81. The third kappa shape index (κ3) is 3.59. The molecule has 0 amide bonds. The van der Waals surface area contributed by atoms with Crippen LogP contribution in [-0.2, 0) is 12.8 Å². The van der Waals surface area contributed by atoms with Crippen molar-refractivity contribution >= 4 is 0 Å². The topological polar surface area (TPSA) is 38.7 Å². The van der Waals surface area contributed by atoms with Gasteiger partial charge in [0, 0.05) is 0 Å². The lowest BCUT2D eigenvalue weighted by atomic mass is 10.1. The Balaban J connectivity index is 2.12. The van der Waals surface area contributed by atoms with Crippen molar-refractivity contribution in [2.45, 2.75) is 12.8 Å². The average Bonchev–Trinajstić information content (AvgIpc) is 2.44. The highest BCUT2D eigenvalue weighted by Gasteiger charge is 2.33. The third-order valence-electron chi connectivity index (χ3n) is 2.83. The number of benzene rings is 2. The van der Waals surface area contributed by atoms with Crippen molar-refractivity contribution in [3.8, 4) is 17.2 Å². The van der Waals surface area contributed by atoms with E-state index in [9.17, 15) is 18.3 Å². The van der Waals surface area contributed by atoms with E-state index in [1.807, 2.05) is 0 Å². The Morgan fingerprint density at radius 2 is 1.71 bits per heavy atom. The summed E-state index contributed by atoms with van der Waals surface area (Å²) >= 11 is 0. The smallest absolute Gasteiger partial charge is 0.419 e. The minimum Gasteiger partial charge on any atom is -0.507 e. The van der Waals surface area contributed by atoms with E-state index in [0.717, 1.165) is 12.1 Å². The molecule has 0 atom stereocenters. The zero-order valence-electron chi connectivity index (χ0n) is 11.1. The highest BCUT2D eigenvalue weighted by atomic mass is 19.4. The van der Waals surface area contributed by atoms with E-state index in [-0.39, 0.29) is 6.61 Å². The van der Waals surface area contributed by atoms with Crippen LogP contribution in [0.25, 0.3) is 0 Å². The lowest BCUT2D eigenvalue weighted by molar-refractivity contribution is -0.138. The molecule has 0 saturated carbocycles. The summed E-state index contributed by atoms with van der Waals surface area (Å²) in [5, 5.41) is 9.42. The third-order valence-corrected chi connectivity index (χ3v) is 2.83. The maximum Gasteiger partial charge on any atom is 0.419 e. The fraction of sp³-hybridized carbons (Fsp3) is 0.200. The van der Waals surface area contributed by atoms with Crippen LogP contribution in [0.3, 0.4) is 0 Å². The first-order chi connectivity index (χ1) is 9.91. The number of halogens is 3. The monoisotopic (exact) mass is 298 g/mol. The second kappa shape index (κ2) is 5.95. The van der Waals surface area contributed by atoms with Crippen molar-refractivity contribution in [3.63, 3.8) is 0 Å². The second-order valence-electron chi connectivity index (χ2n) is 4.29. The first-order valence-corrected chi connectivity index (χ1v) is 6.06. The molecule has 0 aliphatic rings. The summed E-state index contributed by atoms with van der Waals surface area (Å²) < 4.78 is 48.1. The van der Waals surface area contributed by atoms with Crippen molar-refractivity contribution in [2.75, 3.05) is 7.11 Å². The number of alkyl halides is 3. The molecule has 0 radical (unpaired) electrons. The number of phenols is 1. The SMILES string of the molecule is COc1ccccc1OCc1ccc(C(F)(F)F)c(O)c1. The lowest BCUT2D eigenvalue weighted by Gasteiger charge is -2.12. The van der Waals surface area contributed by atoms with Gasteiger partial charge in [0.1, 0.15) is 12.4 Å². The van der Waals surface area contributed by atoms with Crippen LogP contribution in [0.1, 0.15) is 11.1 Å². The minimum absolute atomic E-state index is 0.0199. The van der Waals surface area contributed by atoms with Crippen LogP contribution >= 0.6 is 0 Å². The van der Waals surface area contributed by atoms with E-state index in [1.54, 1.807) is 24.3 Å². The fourth-order valence-corrected chi connectivity index (χ4v) is 1.81. The molecule has 21 heavy (non-hydrogen) atoms. The Morgan fingerprint density at radius 3 is 2.29 bits per heavy atom. The van der Waals surface area contributed by atoms with E-state index in [2.05, 4.69) is 0 Å². The maximum atomic E-state index is 12.5. The molecular formula is C15H13F3O3. The Labute approximate surface area is 119 Å². The zero-order chi connectivity index (χ0) is 15.5. The highest BCUT2D eigenvalue weighted by molar-refractivity contribution is 5.41. The van der Waals surface area contributed by atoms with Crippen LogP contribution in [0.5, 0.6) is 17.2 Å². The molecule has 2 rings (SSSR count). The predicted molar refractivity (Wildman–Crippen MR) is 70.4 cm³/mol. The molecule has 0 aliphatic heterocycles. The Kier molecular flexibility index (Phi) is 4.26. The second-order valence-corrected chi connectivity index (χ2v) is 4.29. The molecule has 3 nitrogen and oxygen atoms in total. The molecule has 1 N–H and O–H groups in total. The van der Waals surface area contributed by atoms with Gasteiger partial charge >= 0.3 is 6.18 Å². The quantitative estimate of drug-likeness (QED) is 0.927. The Morgan fingerprint density at radius 1 is 1.05 bits per heavy atom. The largest absolute Gasteiger partial charge is 0.507 e.